The molecule has 32 heavy (non-hydrogen) atoms. The fourth-order valence-corrected chi connectivity index (χ4v) is 4.24. The van der Waals surface area contributed by atoms with E-state index in [0.717, 1.165) is 35.6 Å². The Balaban J connectivity index is 1.49. The molecule has 2 unspecified atom stereocenters. The zero-order valence-electron chi connectivity index (χ0n) is 17.7. The Morgan fingerprint density at radius 3 is 3.06 bits per heavy atom. The molecule has 0 aromatic carbocycles. The summed E-state index contributed by atoms with van der Waals surface area (Å²) in [6, 6.07) is 1.33. The summed E-state index contributed by atoms with van der Waals surface area (Å²) in [6.45, 7) is 2.56. The van der Waals surface area contributed by atoms with Gasteiger partial charge in [0, 0.05) is 48.8 Å². The van der Waals surface area contributed by atoms with Crippen molar-refractivity contribution in [3.8, 4) is 22.8 Å². The third-order valence-corrected chi connectivity index (χ3v) is 5.92. The van der Waals surface area contributed by atoms with E-state index in [1.165, 1.54) is 19.4 Å². The van der Waals surface area contributed by atoms with E-state index >= 15 is 0 Å². The van der Waals surface area contributed by atoms with Gasteiger partial charge in [0.25, 0.3) is 0 Å². The lowest BCUT2D eigenvalue weighted by Gasteiger charge is -2.26. The lowest BCUT2D eigenvalue weighted by Crippen LogP contribution is -2.39. The molecule has 2 aliphatic rings. The molecule has 0 bridgehead atoms. The molecule has 0 spiro atoms. The predicted molar refractivity (Wildman–Crippen MR) is 113 cm³/mol. The van der Waals surface area contributed by atoms with Crippen molar-refractivity contribution in [2.75, 3.05) is 38.9 Å². The van der Waals surface area contributed by atoms with E-state index in [2.05, 4.69) is 20.7 Å². The minimum absolute atomic E-state index is 0.0675. The van der Waals surface area contributed by atoms with Crippen molar-refractivity contribution < 1.29 is 18.3 Å². The van der Waals surface area contributed by atoms with Crippen LogP contribution in [0.4, 0.5) is 14.6 Å². The molecule has 3 aromatic rings. The fraction of sp³-hybridized carbons (Fsp3) is 0.476. The van der Waals surface area contributed by atoms with Crippen LogP contribution in [0.25, 0.3) is 16.9 Å². The molecule has 2 aliphatic heterocycles. The zero-order chi connectivity index (χ0) is 22.1. The van der Waals surface area contributed by atoms with Crippen molar-refractivity contribution >= 4 is 5.82 Å². The minimum Gasteiger partial charge on any atom is -0.479 e. The molecule has 0 aliphatic carbocycles. The Labute approximate surface area is 183 Å². The van der Waals surface area contributed by atoms with Gasteiger partial charge in [0.2, 0.25) is 5.88 Å². The second-order valence-corrected chi connectivity index (χ2v) is 7.97. The van der Waals surface area contributed by atoms with Crippen LogP contribution in [0.15, 0.2) is 24.7 Å². The second kappa shape index (κ2) is 8.83. The molecule has 5 rings (SSSR count). The number of pyridine rings is 1. The van der Waals surface area contributed by atoms with Crippen LogP contribution < -0.4 is 15.4 Å². The topological polar surface area (TPSA) is 91.0 Å². The Morgan fingerprint density at radius 1 is 1.34 bits per heavy atom. The smallest absolute Gasteiger partial charge is 0.250 e. The maximum absolute atomic E-state index is 14.3. The number of piperidine rings is 1. The molecule has 11 heteroatoms. The van der Waals surface area contributed by atoms with Crippen molar-refractivity contribution in [1.82, 2.24) is 29.9 Å². The number of hydrogen-bond acceptors (Lipinski definition) is 7. The van der Waals surface area contributed by atoms with Crippen LogP contribution in [0.2, 0.25) is 0 Å². The van der Waals surface area contributed by atoms with Crippen LogP contribution in [0.5, 0.6) is 5.88 Å². The van der Waals surface area contributed by atoms with Gasteiger partial charge in [-0.2, -0.15) is 10.2 Å². The molecular formula is C21H25F2N7O2. The van der Waals surface area contributed by atoms with Gasteiger partial charge >= 0.3 is 0 Å². The van der Waals surface area contributed by atoms with Crippen LogP contribution in [0.1, 0.15) is 12.0 Å². The van der Waals surface area contributed by atoms with Crippen molar-refractivity contribution in [1.29, 1.82) is 0 Å². The lowest BCUT2D eigenvalue weighted by molar-refractivity contribution is 0.159. The van der Waals surface area contributed by atoms with E-state index in [0.29, 0.717) is 38.5 Å². The molecule has 0 saturated carbocycles. The zero-order valence-corrected chi connectivity index (χ0v) is 17.7. The normalized spacial score (nSPS) is 21.0. The number of hydrogen-bond donors (Lipinski definition) is 2. The molecule has 1 fully saturated rings. The van der Waals surface area contributed by atoms with Gasteiger partial charge in [-0.1, -0.05) is 0 Å². The average Bonchev–Trinajstić information content (AvgIpc) is 3.32. The van der Waals surface area contributed by atoms with Crippen molar-refractivity contribution in [2.45, 2.75) is 25.6 Å². The number of aromatic nitrogens is 5. The monoisotopic (exact) mass is 445 g/mol. The Kier molecular flexibility index (Phi) is 5.75. The molecule has 3 aromatic heterocycles. The first-order valence-corrected chi connectivity index (χ1v) is 10.6. The van der Waals surface area contributed by atoms with Gasteiger partial charge in [0.05, 0.1) is 31.8 Å². The maximum atomic E-state index is 14.3. The third kappa shape index (κ3) is 3.93. The maximum Gasteiger partial charge on any atom is 0.250 e. The Bertz CT molecular complexity index is 1100. The summed E-state index contributed by atoms with van der Waals surface area (Å²) in [5.41, 5.74) is 2.95. The molecule has 0 radical (unpaired) electrons. The highest BCUT2D eigenvalue weighted by atomic mass is 19.1. The Morgan fingerprint density at radius 2 is 2.25 bits per heavy atom. The number of ether oxygens (including phenoxy) is 2. The van der Waals surface area contributed by atoms with Gasteiger partial charge < -0.3 is 20.1 Å². The molecule has 2 N–H and O–H groups in total. The van der Waals surface area contributed by atoms with Crippen molar-refractivity contribution in [3.63, 3.8) is 0 Å². The van der Waals surface area contributed by atoms with Crippen molar-refractivity contribution in [2.24, 2.45) is 5.92 Å². The van der Waals surface area contributed by atoms with Gasteiger partial charge in [-0.3, -0.25) is 4.68 Å². The largest absolute Gasteiger partial charge is 0.479 e. The number of alkyl halides is 1. The SMILES string of the molecule is COc1ncc(-n2nc(-c3cnn(CC4CCNCC4F)c3)c3c2NCOCC3)cc1F. The quantitative estimate of drug-likeness (QED) is 0.622. The van der Waals surface area contributed by atoms with Crippen LogP contribution in [0, 0.1) is 11.7 Å². The highest BCUT2D eigenvalue weighted by Gasteiger charge is 2.27. The van der Waals surface area contributed by atoms with Gasteiger partial charge in [0.1, 0.15) is 24.4 Å². The van der Waals surface area contributed by atoms with Crippen LogP contribution in [-0.4, -0.2) is 64.3 Å². The molecule has 170 valence electrons. The van der Waals surface area contributed by atoms with Gasteiger partial charge in [0.15, 0.2) is 5.82 Å². The first kappa shape index (κ1) is 20.8. The van der Waals surface area contributed by atoms with Gasteiger partial charge in [-0.25, -0.2) is 18.4 Å². The summed E-state index contributed by atoms with van der Waals surface area (Å²) >= 11 is 0. The summed E-state index contributed by atoms with van der Waals surface area (Å²) in [5.74, 6) is 0.00555. The highest BCUT2D eigenvalue weighted by molar-refractivity contribution is 5.70. The van der Waals surface area contributed by atoms with E-state index in [1.54, 1.807) is 15.6 Å². The summed E-state index contributed by atoms with van der Waals surface area (Å²) in [5, 5.41) is 15.5. The summed E-state index contributed by atoms with van der Waals surface area (Å²) in [6.07, 6.45) is 5.66. The molecule has 9 nitrogen and oxygen atoms in total. The number of rotatable bonds is 5. The van der Waals surface area contributed by atoms with E-state index in [4.69, 9.17) is 14.6 Å². The summed E-state index contributed by atoms with van der Waals surface area (Å²) < 4.78 is 42.4. The first-order chi connectivity index (χ1) is 15.6. The van der Waals surface area contributed by atoms with E-state index in [1.807, 2.05) is 6.20 Å². The fourth-order valence-electron chi connectivity index (χ4n) is 4.24. The number of nitrogens with zero attached hydrogens (tertiary/aromatic N) is 5. The molecule has 5 heterocycles. The lowest BCUT2D eigenvalue weighted by atomic mass is 9.96. The number of methoxy groups -OCH3 is 1. The van der Waals surface area contributed by atoms with Crippen LogP contribution in [0.3, 0.4) is 0 Å². The third-order valence-electron chi connectivity index (χ3n) is 5.92. The molecule has 2 atom stereocenters. The van der Waals surface area contributed by atoms with Gasteiger partial charge in [-0.05, 0) is 13.0 Å². The van der Waals surface area contributed by atoms with Crippen LogP contribution in [-0.2, 0) is 17.7 Å². The van der Waals surface area contributed by atoms with Crippen LogP contribution >= 0.6 is 0 Å². The van der Waals surface area contributed by atoms with E-state index in [9.17, 15) is 8.78 Å². The molecule has 1 saturated heterocycles. The second-order valence-electron chi connectivity index (χ2n) is 7.97. The van der Waals surface area contributed by atoms with Gasteiger partial charge in [-0.15, -0.1) is 0 Å². The summed E-state index contributed by atoms with van der Waals surface area (Å²) in [4.78, 5) is 4.03. The number of nitrogens with one attached hydrogen (secondary N) is 2. The number of fused-ring (bicyclic) bond motifs is 1. The Hall–Kier alpha value is -3.05. The van der Waals surface area contributed by atoms with E-state index in [-0.39, 0.29) is 11.8 Å². The number of anilines is 1. The first-order valence-electron chi connectivity index (χ1n) is 10.6. The standard InChI is InChI=1S/C21H25F2N7O2/c1-31-21-17(22)6-15(8-25-21)30-20-16(3-5-32-12-26-20)19(28-30)14-7-27-29(11-14)10-13-2-4-24-9-18(13)23/h6-8,11,13,18,24,26H,2-5,9-10,12H2,1H3. The number of halogens is 2. The van der Waals surface area contributed by atoms with E-state index < -0.39 is 12.0 Å². The molecule has 0 amide bonds. The molecular weight excluding hydrogens is 420 g/mol. The van der Waals surface area contributed by atoms with Crippen molar-refractivity contribution in [3.05, 3.63) is 36.0 Å². The average molecular weight is 445 g/mol. The minimum atomic E-state index is -0.884. The predicted octanol–water partition coefficient (Wildman–Crippen LogP) is 2.17. The summed E-state index contributed by atoms with van der Waals surface area (Å²) in [7, 11) is 1.37. The highest BCUT2D eigenvalue weighted by Crippen LogP contribution is 2.33.